The summed E-state index contributed by atoms with van der Waals surface area (Å²) in [5.41, 5.74) is 4.63. The minimum absolute atomic E-state index is 0.0215. The molecule has 2 aromatic rings. The van der Waals surface area contributed by atoms with Gasteiger partial charge in [0.15, 0.2) is 0 Å². The van der Waals surface area contributed by atoms with Crippen molar-refractivity contribution in [3.8, 4) is 0 Å². The Bertz CT molecular complexity index is 729. The molecular formula is C13H17N5O2S. The van der Waals surface area contributed by atoms with Crippen LogP contribution in [0.4, 0.5) is 11.6 Å². The van der Waals surface area contributed by atoms with Gasteiger partial charge in [0.05, 0.1) is 18.1 Å². The van der Waals surface area contributed by atoms with Crippen LogP contribution in [0, 0.1) is 6.92 Å². The summed E-state index contributed by atoms with van der Waals surface area (Å²) in [5, 5.41) is 0. The van der Waals surface area contributed by atoms with Crippen LogP contribution in [0.2, 0.25) is 0 Å². The van der Waals surface area contributed by atoms with E-state index in [2.05, 4.69) is 20.1 Å². The van der Waals surface area contributed by atoms with Gasteiger partial charge in [-0.2, -0.15) is 0 Å². The molecule has 8 heteroatoms. The average Bonchev–Trinajstić information content (AvgIpc) is 2.49. The zero-order chi connectivity index (χ0) is 15.5. The first-order chi connectivity index (χ1) is 9.97. The molecule has 0 radical (unpaired) electrons. The highest BCUT2D eigenvalue weighted by Gasteiger charge is 2.18. The van der Waals surface area contributed by atoms with Crippen molar-refractivity contribution in [2.45, 2.75) is 25.2 Å². The molecule has 7 nitrogen and oxygen atoms in total. The molecule has 0 fully saturated rings. The predicted molar refractivity (Wildman–Crippen MR) is 81.2 cm³/mol. The molecule has 0 aliphatic heterocycles. The van der Waals surface area contributed by atoms with Gasteiger partial charge in [0.2, 0.25) is 5.95 Å². The lowest BCUT2D eigenvalue weighted by atomic mass is 10.1. The number of para-hydroxylation sites is 1. The lowest BCUT2D eigenvalue weighted by Gasteiger charge is -2.14. The number of nitrogens with one attached hydrogen (secondary N) is 2. The summed E-state index contributed by atoms with van der Waals surface area (Å²) in [6, 6.07) is 5.65. The summed E-state index contributed by atoms with van der Waals surface area (Å²) in [6.07, 6.45) is 3.13. The molecular weight excluding hydrogens is 290 g/mol. The number of rotatable bonds is 5. The maximum atomic E-state index is 12.4. The Morgan fingerprint density at radius 2 is 1.90 bits per heavy atom. The van der Waals surface area contributed by atoms with E-state index in [9.17, 15) is 8.42 Å². The van der Waals surface area contributed by atoms with Crippen LogP contribution in [0.1, 0.15) is 18.1 Å². The van der Waals surface area contributed by atoms with E-state index in [1.54, 1.807) is 0 Å². The number of hydrazine groups is 1. The summed E-state index contributed by atoms with van der Waals surface area (Å²) in [4.78, 5) is 7.59. The SMILES string of the molecule is CCc1cccc(C)c1NS(=O)(=O)c1cnc(NN)nc1. The maximum Gasteiger partial charge on any atom is 0.264 e. The number of nitrogens with zero attached hydrogens (tertiary/aromatic N) is 2. The molecule has 21 heavy (non-hydrogen) atoms. The Hall–Kier alpha value is -2.19. The highest BCUT2D eigenvalue weighted by atomic mass is 32.2. The van der Waals surface area contributed by atoms with Gasteiger partial charge in [-0.25, -0.2) is 24.2 Å². The first-order valence-corrected chi connectivity index (χ1v) is 7.86. The molecule has 0 aliphatic rings. The number of benzene rings is 1. The monoisotopic (exact) mass is 307 g/mol. The molecule has 0 aliphatic carbocycles. The minimum atomic E-state index is -3.74. The number of sulfonamides is 1. The summed E-state index contributed by atoms with van der Waals surface area (Å²) >= 11 is 0. The van der Waals surface area contributed by atoms with E-state index in [1.165, 1.54) is 12.4 Å². The highest BCUT2D eigenvalue weighted by molar-refractivity contribution is 7.92. The Morgan fingerprint density at radius 3 is 2.48 bits per heavy atom. The van der Waals surface area contributed by atoms with Crippen LogP contribution in [-0.2, 0) is 16.4 Å². The van der Waals surface area contributed by atoms with E-state index in [0.29, 0.717) is 5.69 Å². The molecule has 1 aromatic heterocycles. The minimum Gasteiger partial charge on any atom is -0.292 e. The van der Waals surface area contributed by atoms with E-state index >= 15 is 0 Å². The van der Waals surface area contributed by atoms with Crippen LogP contribution < -0.4 is 16.0 Å². The number of hydrogen-bond acceptors (Lipinski definition) is 6. The Labute approximate surface area is 123 Å². The fourth-order valence-corrected chi connectivity index (χ4v) is 2.95. The second-order valence-corrected chi connectivity index (χ2v) is 6.14. The third-order valence-electron chi connectivity index (χ3n) is 3.04. The number of aryl methyl sites for hydroxylation is 2. The molecule has 112 valence electrons. The molecule has 0 saturated carbocycles. The number of anilines is 2. The average molecular weight is 307 g/mol. The largest absolute Gasteiger partial charge is 0.292 e. The van der Waals surface area contributed by atoms with E-state index in [-0.39, 0.29) is 10.8 Å². The van der Waals surface area contributed by atoms with Crippen molar-refractivity contribution in [2.24, 2.45) is 5.84 Å². The van der Waals surface area contributed by atoms with Crippen molar-refractivity contribution in [3.63, 3.8) is 0 Å². The molecule has 2 rings (SSSR count). The van der Waals surface area contributed by atoms with Crippen LogP contribution in [0.3, 0.4) is 0 Å². The van der Waals surface area contributed by atoms with Crippen molar-refractivity contribution in [2.75, 3.05) is 10.1 Å². The molecule has 0 unspecified atom stereocenters. The molecule has 1 aromatic carbocycles. The van der Waals surface area contributed by atoms with Crippen LogP contribution in [0.25, 0.3) is 0 Å². The summed E-state index contributed by atoms with van der Waals surface area (Å²) in [6.45, 7) is 3.83. The van der Waals surface area contributed by atoms with Crippen LogP contribution in [0.5, 0.6) is 0 Å². The Balaban J connectivity index is 2.37. The van der Waals surface area contributed by atoms with Gasteiger partial charge < -0.3 is 0 Å². The quantitative estimate of drug-likeness (QED) is 0.569. The van der Waals surface area contributed by atoms with Gasteiger partial charge in [0, 0.05) is 0 Å². The van der Waals surface area contributed by atoms with Gasteiger partial charge in [-0.05, 0) is 24.5 Å². The third kappa shape index (κ3) is 3.29. The summed E-state index contributed by atoms with van der Waals surface area (Å²) in [5.74, 6) is 5.30. The normalized spacial score (nSPS) is 11.2. The first kappa shape index (κ1) is 15.2. The molecule has 1 heterocycles. The lowest BCUT2D eigenvalue weighted by molar-refractivity contribution is 0.600. The fraction of sp³-hybridized carbons (Fsp3) is 0.231. The number of nitrogen functional groups attached to an aromatic ring is 1. The van der Waals surface area contributed by atoms with Crippen LogP contribution >= 0.6 is 0 Å². The van der Waals surface area contributed by atoms with Crippen molar-refractivity contribution >= 4 is 21.7 Å². The van der Waals surface area contributed by atoms with E-state index in [0.717, 1.165) is 17.5 Å². The van der Waals surface area contributed by atoms with E-state index < -0.39 is 10.0 Å². The summed E-state index contributed by atoms with van der Waals surface area (Å²) < 4.78 is 27.4. The molecule has 4 N–H and O–H groups in total. The van der Waals surface area contributed by atoms with Gasteiger partial charge in [-0.15, -0.1) is 0 Å². The van der Waals surface area contributed by atoms with E-state index in [1.807, 2.05) is 32.0 Å². The maximum absolute atomic E-state index is 12.4. The van der Waals surface area contributed by atoms with Crippen molar-refractivity contribution < 1.29 is 8.42 Å². The molecule has 0 amide bonds. The molecule has 0 atom stereocenters. The Morgan fingerprint density at radius 1 is 1.24 bits per heavy atom. The zero-order valence-electron chi connectivity index (χ0n) is 11.8. The first-order valence-electron chi connectivity index (χ1n) is 6.38. The number of hydrogen-bond donors (Lipinski definition) is 3. The third-order valence-corrected chi connectivity index (χ3v) is 4.35. The van der Waals surface area contributed by atoms with Crippen LogP contribution in [0.15, 0.2) is 35.5 Å². The van der Waals surface area contributed by atoms with Crippen molar-refractivity contribution in [3.05, 3.63) is 41.7 Å². The van der Waals surface area contributed by atoms with Crippen molar-refractivity contribution in [1.29, 1.82) is 0 Å². The van der Waals surface area contributed by atoms with Gasteiger partial charge in [-0.3, -0.25) is 10.1 Å². The fourth-order valence-electron chi connectivity index (χ4n) is 1.89. The zero-order valence-corrected chi connectivity index (χ0v) is 12.6. The van der Waals surface area contributed by atoms with Crippen molar-refractivity contribution in [1.82, 2.24) is 9.97 Å². The number of nitrogens with two attached hydrogens (primary N) is 1. The van der Waals surface area contributed by atoms with Crippen LogP contribution in [-0.4, -0.2) is 18.4 Å². The van der Waals surface area contributed by atoms with Gasteiger partial charge >= 0.3 is 0 Å². The summed E-state index contributed by atoms with van der Waals surface area (Å²) in [7, 11) is -3.74. The highest BCUT2D eigenvalue weighted by Crippen LogP contribution is 2.24. The lowest BCUT2D eigenvalue weighted by Crippen LogP contribution is -2.17. The standard InChI is InChI=1S/C13H17N5O2S/c1-3-10-6-4-5-9(2)12(10)18-21(19,20)11-7-15-13(17-14)16-8-11/h4-8,18H,3,14H2,1-2H3,(H,15,16,17). The van der Waals surface area contributed by atoms with Gasteiger partial charge in [0.25, 0.3) is 10.0 Å². The Kier molecular flexibility index (Phi) is 4.39. The molecule has 0 bridgehead atoms. The predicted octanol–water partition coefficient (Wildman–Crippen LogP) is 1.43. The molecule has 0 saturated heterocycles. The van der Waals surface area contributed by atoms with Gasteiger partial charge in [-0.1, -0.05) is 25.1 Å². The smallest absolute Gasteiger partial charge is 0.264 e. The van der Waals surface area contributed by atoms with Gasteiger partial charge in [0.1, 0.15) is 4.90 Å². The molecule has 0 spiro atoms. The van der Waals surface area contributed by atoms with E-state index in [4.69, 9.17) is 5.84 Å². The number of aromatic nitrogens is 2. The second kappa shape index (κ2) is 6.06. The second-order valence-electron chi connectivity index (χ2n) is 4.45. The topological polar surface area (TPSA) is 110 Å².